The van der Waals surface area contributed by atoms with Crippen LogP contribution >= 0.6 is 35.3 Å². The van der Waals surface area contributed by atoms with Crippen LogP contribution in [-0.2, 0) is 4.79 Å². The summed E-state index contributed by atoms with van der Waals surface area (Å²) in [4.78, 5) is 15.5. The summed E-state index contributed by atoms with van der Waals surface area (Å²) in [5.41, 5.74) is 0.667. The number of benzene rings is 1. The van der Waals surface area contributed by atoms with Crippen LogP contribution in [0.4, 0.5) is 5.69 Å². The summed E-state index contributed by atoms with van der Waals surface area (Å²) in [5, 5.41) is 11.3. The molecule has 0 unspecified atom stereocenters. The number of aromatic hydroxyl groups is 1. The van der Waals surface area contributed by atoms with E-state index in [2.05, 4.69) is 0 Å². The van der Waals surface area contributed by atoms with Gasteiger partial charge in [0, 0.05) is 4.88 Å². The molecule has 1 aliphatic heterocycles. The normalized spacial score (nSPS) is 17.2. The van der Waals surface area contributed by atoms with Crippen LogP contribution in [0.2, 0.25) is 0 Å². The van der Waals surface area contributed by atoms with Gasteiger partial charge in [-0.2, -0.15) is 0 Å². The fourth-order valence-electron chi connectivity index (χ4n) is 1.79. The first-order valence-corrected chi connectivity index (χ1v) is 7.86. The van der Waals surface area contributed by atoms with Crippen LogP contribution in [0.5, 0.6) is 5.75 Å². The monoisotopic (exact) mass is 319 g/mol. The van der Waals surface area contributed by atoms with Gasteiger partial charge in [-0.1, -0.05) is 30.0 Å². The van der Waals surface area contributed by atoms with Gasteiger partial charge in [-0.3, -0.25) is 9.69 Å². The van der Waals surface area contributed by atoms with Crippen LogP contribution in [0, 0.1) is 0 Å². The summed E-state index contributed by atoms with van der Waals surface area (Å²) in [6.45, 7) is 0. The molecule has 3 rings (SSSR count). The number of anilines is 1. The number of amides is 1. The summed E-state index contributed by atoms with van der Waals surface area (Å²) < 4.78 is 0.503. The van der Waals surface area contributed by atoms with E-state index in [1.807, 2.05) is 23.6 Å². The average Bonchev–Trinajstić information content (AvgIpc) is 3.02. The van der Waals surface area contributed by atoms with Crippen LogP contribution < -0.4 is 4.90 Å². The minimum atomic E-state index is -0.126. The van der Waals surface area contributed by atoms with Crippen LogP contribution in [0.1, 0.15) is 4.88 Å². The van der Waals surface area contributed by atoms with Crippen molar-refractivity contribution in [1.29, 1.82) is 0 Å². The number of thiocarbonyl (C=S) groups is 1. The Morgan fingerprint density at radius 3 is 2.60 bits per heavy atom. The molecule has 100 valence electrons. The Labute approximate surface area is 129 Å². The Kier molecular flexibility index (Phi) is 3.60. The quantitative estimate of drug-likeness (QED) is 0.674. The maximum Gasteiger partial charge on any atom is 0.270 e. The molecule has 0 bridgehead atoms. The average molecular weight is 319 g/mol. The van der Waals surface area contributed by atoms with Gasteiger partial charge in [-0.05, 0) is 41.8 Å². The third-order valence-corrected chi connectivity index (χ3v) is 4.84. The first-order chi connectivity index (χ1) is 9.65. The molecule has 6 heteroatoms. The number of carbonyl (C=O) groups is 1. The van der Waals surface area contributed by atoms with E-state index >= 15 is 0 Å². The van der Waals surface area contributed by atoms with E-state index in [4.69, 9.17) is 12.2 Å². The van der Waals surface area contributed by atoms with Gasteiger partial charge in [-0.15, -0.1) is 11.3 Å². The van der Waals surface area contributed by atoms with Gasteiger partial charge in [0.05, 0.1) is 10.6 Å². The lowest BCUT2D eigenvalue weighted by molar-refractivity contribution is -0.113. The molecule has 1 fully saturated rings. The lowest BCUT2D eigenvalue weighted by Crippen LogP contribution is -2.27. The molecule has 1 N–H and O–H groups in total. The van der Waals surface area contributed by atoms with E-state index in [0.717, 1.165) is 4.88 Å². The Bertz CT molecular complexity index is 690. The summed E-state index contributed by atoms with van der Waals surface area (Å²) >= 11 is 8.14. The van der Waals surface area contributed by atoms with E-state index in [9.17, 15) is 9.90 Å². The highest BCUT2D eigenvalue weighted by Crippen LogP contribution is 2.36. The van der Waals surface area contributed by atoms with Gasteiger partial charge in [0.25, 0.3) is 5.91 Å². The topological polar surface area (TPSA) is 40.5 Å². The molecule has 0 aliphatic carbocycles. The standard InChI is InChI=1S/C14H9NO2S3/c16-10-5-3-9(4-6-10)15-13(17)12(20-14(15)18)8-11-2-1-7-19-11/h1-8,16H/b12-8-. The number of hydrogen-bond donors (Lipinski definition) is 1. The number of phenols is 1. The predicted molar refractivity (Wildman–Crippen MR) is 88.1 cm³/mol. The second kappa shape index (κ2) is 5.40. The second-order valence-electron chi connectivity index (χ2n) is 4.05. The maximum absolute atomic E-state index is 12.4. The minimum absolute atomic E-state index is 0.126. The molecule has 0 atom stereocenters. The zero-order valence-electron chi connectivity index (χ0n) is 10.1. The lowest BCUT2D eigenvalue weighted by atomic mass is 10.2. The highest BCUT2D eigenvalue weighted by Gasteiger charge is 2.33. The number of phenolic OH excluding ortho intramolecular Hbond substituents is 1. The number of thiophene rings is 1. The fraction of sp³-hybridized carbons (Fsp3) is 0. The number of rotatable bonds is 2. The van der Waals surface area contributed by atoms with Crippen molar-refractivity contribution in [2.75, 3.05) is 4.90 Å². The molecule has 1 saturated heterocycles. The first-order valence-electron chi connectivity index (χ1n) is 5.75. The van der Waals surface area contributed by atoms with Gasteiger partial charge >= 0.3 is 0 Å². The summed E-state index contributed by atoms with van der Waals surface area (Å²) in [6.07, 6.45) is 1.85. The Hall–Kier alpha value is -1.63. The van der Waals surface area contributed by atoms with Crippen LogP contribution in [0.3, 0.4) is 0 Å². The van der Waals surface area contributed by atoms with Crippen LogP contribution in [-0.4, -0.2) is 15.3 Å². The molecule has 2 aromatic rings. The third kappa shape index (κ3) is 2.49. The Balaban J connectivity index is 1.93. The predicted octanol–water partition coefficient (Wildman–Crippen LogP) is 3.86. The van der Waals surface area contributed by atoms with Gasteiger partial charge < -0.3 is 5.11 Å². The van der Waals surface area contributed by atoms with E-state index in [1.165, 1.54) is 28.8 Å². The Morgan fingerprint density at radius 1 is 1.20 bits per heavy atom. The van der Waals surface area contributed by atoms with Crippen LogP contribution in [0.25, 0.3) is 6.08 Å². The zero-order chi connectivity index (χ0) is 14.1. The minimum Gasteiger partial charge on any atom is -0.508 e. The summed E-state index contributed by atoms with van der Waals surface area (Å²) in [6, 6.07) is 10.3. The molecule has 0 radical (unpaired) electrons. The molecule has 0 spiro atoms. The molecule has 0 saturated carbocycles. The van der Waals surface area contributed by atoms with Crippen molar-refractivity contribution >= 4 is 57.3 Å². The van der Waals surface area contributed by atoms with Crippen molar-refractivity contribution in [1.82, 2.24) is 0 Å². The van der Waals surface area contributed by atoms with Crippen molar-refractivity contribution in [2.24, 2.45) is 0 Å². The first kappa shape index (κ1) is 13.4. The second-order valence-corrected chi connectivity index (χ2v) is 6.70. The highest BCUT2D eigenvalue weighted by molar-refractivity contribution is 8.27. The largest absolute Gasteiger partial charge is 0.508 e. The van der Waals surface area contributed by atoms with Crippen molar-refractivity contribution in [3.8, 4) is 5.75 Å². The molecule has 3 nitrogen and oxygen atoms in total. The van der Waals surface area contributed by atoms with E-state index in [0.29, 0.717) is 14.9 Å². The van der Waals surface area contributed by atoms with Crippen molar-refractivity contribution in [3.63, 3.8) is 0 Å². The maximum atomic E-state index is 12.4. The van der Waals surface area contributed by atoms with Crippen molar-refractivity contribution in [2.45, 2.75) is 0 Å². The summed E-state index contributed by atoms with van der Waals surface area (Å²) in [5.74, 6) is 0.0346. The van der Waals surface area contributed by atoms with Crippen molar-refractivity contribution < 1.29 is 9.90 Å². The van der Waals surface area contributed by atoms with Gasteiger partial charge in [-0.25, -0.2) is 0 Å². The third-order valence-electron chi connectivity index (χ3n) is 2.72. The number of nitrogens with zero attached hydrogens (tertiary/aromatic N) is 1. The number of carbonyl (C=O) groups excluding carboxylic acids is 1. The number of hydrogen-bond acceptors (Lipinski definition) is 5. The fourth-order valence-corrected chi connectivity index (χ4v) is 3.82. The molecule has 1 amide bonds. The van der Waals surface area contributed by atoms with Crippen LogP contribution in [0.15, 0.2) is 46.7 Å². The van der Waals surface area contributed by atoms with E-state index in [-0.39, 0.29) is 11.7 Å². The van der Waals surface area contributed by atoms with Gasteiger partial charge in [0.1, 0.15) is 5.75 Å². The van der Waals surface area contributed by atoms with Crippen molar-refractivity contribution in [3.05, 3.63) is 51.6 Å². The molecule has 1 aromatic heterocycles. The smallest absolute Gasteiger partial charge is 0.270 e. The van der Waals surface area contributed by atoms with E-state index < -0.39 is 0 Å². The molecule has 1 aliphatic rings. The molecular formula is C14H9NO2S3. The molecular weight excluding hydrogens is 310 g/mol. The Morgan fingerprint density at radius 2 is 1.95 bits per heavy atom. The lowest BCUT2D eigenvalue weighted by Gasteiger charge is -2.14. The van der Waals surface area contributed by atoms with E-state index in [1.54, 1.807) is 23.5 Å². The SMILES string of the molecule is O=C1/C(=C/c2cccs2)SC(=S)N1c1ccc(O)cc1. The highest BCUT2D eigenvalue weighted by atomic mass is 32.2. The number of thioether (sulfide) groups is 1. The van der Waals surface area contributed by atoms with Gasteiger partial charge in [0.2, 0.25) is 0 Å². The zero-order valence-corrected chi connectivity index (χ0v) is 12.6. The molecule has 1 aromatic carbocycles. The van der Waals surface area contributed by atoms with Gasteiger partial charge in [0.15, 0.2) is 4.32 Å². The molecule has 20 heavy (non-hydrogen) atoms. The summed E-state index contributed by atoms with van der Waals surface area (Å²) in [7, 11) is 0. The molecule has 2 heterocycles.